The van der Waals surface area contributed by atoms with Crippen molar-refractivity contribution in [3.05, 3.63) is 54.1 Å². The molecule has 0 spiro atoms. The number of rotatable bonds is 7. The smallest absolute Gasteiger partial charge is 0.163 e. The van der Waals surface area contributed by atoms with E-state index in [1.807, 2.05) is 6.92 Å². The van der Waals surface area contributed by atoms with E-state index in [9.17, 15) is 0 Å². The molecule has 4 rings (SSSR count). The monoisotopic (exact) mass is 366 g/mol. The second-order valence-corrected chi connectivity index (χ2v) is 7.52. The first-order valence-corrected chi connectivity index (χ1v) is 10.3. The topological polar surface area (TPSA) is 33.7 Å². The molecule has 1 N–H and O–H groups in total. The van der Waals surface area contributed by atoms with Gasteiger partial charge >= 0.3 is 0 Å². The summed E-state index contributed by atoms with van der Waals surface area (Å²) < 4.78 is 12.0. The molecule has 1 aliphatic heterocycles. The predicted octanol–water partition coefficient (Wildman–Crippen LogP) is 4.04. The van der Waals surface area contributed by atoms with Crippen molar-refractivity contribution in [3.8, 4) is 11.5 Å². The summed E-state index contributed by atoms with van der Waals surface area (Å²) in [7, 11) is 0. The molecule has 1 aliphatic carbocycles. The zero-order chi connectivity index (χ0) is 18.5. The minimum absolute atomic E-state index is 0.355. The van der Waals surface area contributed by atoms with Gasteiger partial charge in [-0.1, -0.05) is 30.3 Å². The van der Waals surface area contributed by atoms with Crippen LogP contribution in [0.25, 0.3) is 0 Å². The lowest BCUT2D eigenvalue weighted by atomic mass is 9.96. The van der Waals surface area contributed by atoms with E-state index >= 15 is 0 Å². The maximum atomic E-state index is 6.22. The highest BCUT2D eigenvalue weighted by molar-refractivity contribution is 5.57. The molecule has 1 atom stereocenters. The Balaban J connectivity index is 1.47. The largest absolute Gasteiger partial charge is 0.490 e. The van der Waals surface area contributed by atoms with Gasteiger partial charge in [-0.25, -0.2) is 0 Å². The standard InChI is InChI=1S/C23H30N2O2/c1-2-26-22-12-11-20(16-23(22)27-21-9-6-10-21)25-14-13-24-19(17-25)15-18-7-4-3-5-8-18/h3-5,7-8,11-12,16,19,21,24H,2,6,9-10,13-15,17H2,1H3/t19-/m0/s1. The summed E-state index contributed by atoms with van der Waals surface area (Å²) in [4.78, 5) is 2.47. The van der Waals surface area contributed by atoms with Gasteiger partial charge in [-0.2, -0.15) is 0 Å². The van der Waals surface area contributed by atoms with Crippen LogP contribution in [0.1, 0.15) is 31.7 Å². The molecular formula is C23H30N2O2. The first-order valence-electron chi connectivity index (χ1n) is 10.3. The van der Waals surface area contributed by atoms with Crippen LogP contribution in [0.4, 0.5) is 5.69 Å². The molecule has 1 heterocycles. The molecule has 1 saturated carbocycles. The minimum Gasteiger partial charge on any atom is -0.490 e. The maximum absolute atomic E-state index is 6.22. The van der Waals surface area contributed by atoms with Gasteiger partial charge in [-0.05, 0) is 50.3 Å². The fraction of sp³-hybridized carbons (Fsp3) is 0.478. The van der Waals surface area contributed by atoms with Crippen LogP contribution in [0.3, 0.4) is 0 Å². The van der Waals surface area contributed by atoms with Crippen LogP contribution in [0.15, 0.2) is 48.5 Å². The van der Waals surface area contributed by atoms with Crippen LogP contribution >= 0.6 is 0 Å². The van der Waals surface area contributed by atoms with E-state index in [1.165, 1.54) is 17.7 Å². The fourth-order valence-electron chi connectivity index (χ4n) is 3.82. The predicted molar refractivity (Wildman–Crippen MR) is 110 cm³/mol. The third-order valence-electron chi connectivity index (χ3n) is 5.52. The SMILES string of the molecule is CCOc1ccc(N2CCN[C@@H](Cc3ccccc3)C2)cc1OC1CCC1. The summed E-state index contributed by atoms with van der Waals surface area (Å²) in [6.07, 6.45) is 4.99. The number of piperazine rings is 1. The molecule has 2 aromatic carbocycles. The highest BCUT2D eigenvalue weighted by atomic mass is 16.5. The number of hydrogen-bond donors (Lipinski definition) is 1. The Bertz CT molecular complexity index is 730. The Morgan fingerprint density at radius 3 is 2.67 bits per heavy atom. The molecule has 0 radical (unpaired) electrons. The third-order valence-corrected chi connectivity index (χ3v) is 5.52. The third kappa shape index (κ3) is 4.56. The first-order chi connectivity index (χ1) is 13.3. The van der Waals surface area contributed by atoms with Crippen LogP contribution in [0, 0.1) is 0 Å². The average molecular weight is 367 g/mol. The molecule has 144 valence electrons. The number of anilines is 1. The van der Waals surface area contributed by atoms with Gasteiger partial charge in [0.2, 0.25) is 0 Å². The van der Waals surface area contributed by atoms with Crippen LogP contribution in [-0.4, -0.2) is 38.4 Å². The highest BCUT2D eigenvalue weighted by Crippen LogP contribution is 2.36. The minimum atomic E-state index is 0.355. The average Bonchev–Trinajstić information content (AvgIpc) is 2.67. The van der Waals surface area contributed by atoms with E-state index in [1.54, 1.807) is 0 Å². The summed E-state index contributed by atoms with van der Waals surface area (Å²) in [5.41, 5.74) is 2.62. The first kappa shape index (κ1) is 18.2. The van der Waals surface area contributed by atoms with Gasteiger partial charge in [0.15, 0.2) is 11.5 Å². The lowest BCUT2D eigenvalue weighted by molar-refractivity contribution is 0.115. The summed E-state index contributed by atoms with van der Waals surface area (Å²) in [5, 5.41) is 3.67. The van der Waals surface area contributed by atoms with Gasteiger partial charge in [0.25, 0.3) is 0 Å². The maximum Gasteiger partial charge on any atom is 0.163 e. The Labute approximate surface area is 162 Å². The van der Waals surface area contributed by atoms with E-state index in [4.69, 9.17) is 9.47 Å². The lowest BCUT2D eigenvalue weighted by Gasteiger charge is -2.36. The molecule has 1 saturated heterocycles. The van der Waals surface area contributed by atoms with Crippen molar-refractivity contribution in [3.63, 3.8) is 0 Å². The molecule has 0 aromatic heterocycles. The number of nitrogens with zero attached hydrogens (tertiary/aromatic N) is 1. The van der Waals surface area contributed by atoms with Crippen molar-refractivity contribution < 1.29 is 9.47 Å². The molecule has 2 fully saturated rings. The second kappa shape index (κ2) is 8.66. The number of nitrogens with one attached hydrogen (secondary N) is 1. The lowest BCUT2D eigenvalue weighted by Crippen LogP contribution is -2.51. The molecule has 4 nitrogen and oxygen atoms in total. The van der Waals surface area contributed by atoms with E-state index in [0.29, 0.717) is 18.8 Å². The van der Waals surface area contributed by atoms with E-state index in [0.717, 1.165) is 50.4 Å². The molecule has 0 unspecified atom stereocenters. The fourth-order valence-corrected chi connectivity index (χ4v) is 3.82. The van der Waals surface area contributed by atoms with Crippen molar-refractivity contribution in [2.75, 3.05) is 31.1 Å². The van der Waals surface area contributed by atoms with Gasteiger partial charge in [0.05, 0.1) is 12.7 Å². The zero-order valence-corrected chi connectivity index (χ0v) is 16.2. The zero-order valence-electron chi connectivity index (χ0n) is 16.2. The summed E-state index contributed by atoms with van der Waals surface area (Å²) in [5.74, 6) is 1.77. The van der Waals surface area contributed by atoms with Crippen molar-refractivity contribution in [2.24, 2.45) is 0 Å². The quantitative estimate of drug-likeness (QED) is 0.802. The van der Waals surface area contributed by atoms with E-state index in [2.05, 4.69) is 58.7 Å². The molecule has 0 bridgehead atoms. The van der Waals surface area contributed by atoms with Crippen LogP contribution in [0.5, 0.6) is 11.5 Å². The molecule has 2 aliphatic rings. The summed E-state index contributed by atoms with van der Waals surface area (Å²) >= 11 is 0. The van der Waals surface area contributed by atoms with Crippen LogP contribution in [-0.2, 0) is 6.42 Å². The van der Waals surface area contributed by atoms with Gasteiger partial charge in [-0.15, -0.1) is 0 Å². The normalized spacial score (nSPS) is 20.2. The second-order valence-electron chi connectivity index (χ2n) is 7.52. The Hall–Kier alpha value is -2.20. The van der Waals surface area contributed by atoms with Crippen molar-refractivity contribution in [2.45, 2.75) is 44.8 Å². The van der Waals surface area contributed by atoms with Crippen LogP contribution in [0.2, 0.25) is 0 Å². The van der Waals surface area contributed by atoms with Gasteiger partial charge in [-0.3, -0.25) is 0 Å². The van der Waals surface area contributed by atoms with Crippen molar-refractivity contribution in [1.82, 2.24) is 5.32 Å². The molecule has 2 aromatic rings. The molecule has 4 heteroatoms. The summed E-state index contributed by atoms with van der Waals surface area (Å²) in [6.45, 7) is 5.70. The van der Waals surface area contributed by atoms with Gasteiger partial charge < -0.3 is 19.7 Å². The molecular weight excluding hydrogens is 336 g/mol. The van der Waals surface area contributed by atoms with Crippen LogP contribution < -0.4 is 19.7 Å². The van der Waals surface area contributed by atoms with Gasteiger partial charge in [0, 0.05) is 37.4 Å². The van der Waals surface area contributed by atoms with Gasteiger partial charge in [0.1, 0.15) is 0 Å². The van der Waals surface area contributed by atoms with Crippen molar-refractivity contribution in [1.29, 1.82) is 0 Å². The molecule has 27 heavy (non-hydrogen) atoms. The van der Waals surface area contributed by atoms with E-state index < -0.39 is 0 Å². The Morgan fingerprint density at radius 1 is 1.07 bits per heavy atom. The number of ether oxygens (including phenoxy) is 2. The Morgan fingerprint density at radius 2 is 1.93 bits per heavy atom. The summed E-state index contributed by atoms with van der Waals surface area (Å²) in [6, 6.07) is 17.6. The molecule has 0 amide bonds. The number of hydrogen-bond acceptors (Lipinski definition) is 4. The van der Waals surface area contributed by atoms with Crippen molar-refractivity contribution >= 4 is 5.69 Å². The Kier molecular flexibility index (Phi) is 5.83. The number of benzene rings is 2. The highest BCUT2D eigenvalue weighted by Gasteiger charge is 2.23. The van der Waals surface area contributed by atoms with E-state index in [-0.39, 0.29) is 0 Å².